The normalized spacial score (nSPS) is 19.6. The maximum atomic E-state index is 11.4. The Balaban J connectivity index is 2.59. The molecule has 0 aromatic heterocycles. The standard InChI is InChI=1S/C10H9ClO3/c1-5-3-7(11)4-8-9(5)13-6(2)14-10(8)12/h3-4,6H,1-2H3. The molecule has 2 rings (SSSR count). The molecule has 0 radical (unpaired) electrons. The smallest absolute Gasteiger partial charge is 0.345 e. The Morgan fingerprint density at radius 1 is 1.36 bits per heavy atom. The Hall–Kier alpha value is -1.22. The Bertz CT molecular complexity index is 401. The van der Waals surface area contributed by atoms with E-state index in [1.165, 1.54) is 0 Å². The van der Waals surface area contributed by atoms with Crippen molar-refractivity contribution in [2.45, 2.75) is 20.1 Å². The fourth-order valence-corrected chi connectivity index (χ4v) is 1.71. The highest BCUT2D eigenvalue weighted by atomic mass is 35.5. The number of carbonyl (C=O) groups is 1. The summed E-state index contributed by atoms with van der Waals surface area (Å²) in [4.78, 5) is 11.4. The van der Waals surface area contributed by atoms with E-state index < -0.39 is 6.29 Å². The van der Waals surface area contributed by atoms with Crippen LogP contribution >= 0.6 is 11.6 Å². The highest BCUT2D eigenvalue weighted by Gasteiger charge is 2.26. The van der Waals surface area contributed by atoms with Gasteiger partial charge in [-0.3, -0.25) is 0 Å². The van der Waals surface area contributed by atoms with E-state index in [1.54, 1.807) is 19.1 Å². The third kappa shape index (κ3) is 1.44. The molecule has 1 unspecified atom stereocenters. The van der Waals surface area contributed by atoms with Gasteiger partial charge < -0.3 is 9.47 Å². The van der Waals surface area contributed by atoms with Gasteiger partial charge in [0.1, 0.15) is 11.3 Å². The largest absolute Gasteiger partial charge is 0.454 e. The first kappa shape index (κ1) is 9.34. The van der Waals surface area contributed by atoms with Gasteiger partial charge in [0.05, 0.1) is 0 Å². The van der Waals surface area contributed by atoms with E-state index in [4.69, 9.17) is 21.1 Å². The Labute approximate surface area is 86.6 Å². The molecule has 4 heteroatoms. The fourth-order valence-electron chi connectivity index (χ4n) is 1.44. The van der Waals surface area contributed by atoms with Crippen molar-refractivity contribution in [1.82, 2.24) is 0 Å². The number of ether oxygens (including phenoxy) is 2. The van der Waals surface area contributed by atoms with Crippen LogP contribution in [0, 0.1) is 6.92 Å². The summed E-state index contributed by atoms with van der Waals surface area (Å²) < 4.78 is 10.3. The van der Waals surface area contributed by atoms with Gasteiger partial charge in [-0.05, 0) is 24.6 Å². The molecule has 74 valence electrons. The average molecular weight is 213 g/mol. The zero-order valence-corrected chi connectivity index (χ0v) is 8.59. The summed E-state index contributed by atoms with van der Waals surface area (Å²) in [5.74, 6) is 0.183. The van der Waals surface area contributed by atoms with Crippen molar-refractivity contribution >= 4 is 17.6 Å². The summed E-state index contributed by atoms with van der Waals surface area (Å²) in [6, 6.07) is 3.31. The molecule has 14 heavy (non-hydrogen) atoms. The average Bonchev–Trinajstić information content (AvgIpc) is 2.07. The summed E-state index contributed by atoms with van der Waals surface area (Å²) in [6.07, 6.45) is -0.533. The number of carbonyl (C=O) groups excluding carboxylic acids is 1. The molecule has 1 heterocycles. The molecule has 1 atom stereocenters. The van der Waals surface area contributed by atoms with Gasteiger partial charge in [-0.25, -0.2) is 4.79 Å². The van der Waals surface area contributed by atoms with E-state index in [-0.39, 0.29) is 5.97 Å². The second-order valence-electron chi connectivity index (χ2n) is 3.19. The highest BCUT2D eigenvalue weighted by molar-refractivity contribution is 6.31. The van der Waals surface area contributed by atoms with Gasteiger partial charge in [-0.2, -0.15) is 0 Å². The van der Waals surface area contributed by atoms with Crippen LogP contribution in [0.3, 0.4) is 0 Å². The quantitative estimate of drug-likeness (QED) is 0.620. The first-order chi connectivity index (χ1) is 6.58. The lowest BCUT2D eigenvalue weighted by Crippen LogP contribution is -2.27. The minimum absolute atomic E-state index is 0.385. The minimum atomic E-state index is -0.533. The van der Waals surface area contributed by atoms with Crippen LogP contribution < -0.4 is 4.74 Å². The van der Waals surface area contributed by atoms with Crippen LogP contribution in [0.5, 0.6) is 5.75 Å². The van der Waals surface area contributed by atoms with Gasteiger partial charge in [0, 0.05) is 11.9 Å². The highest BCUT2D eigenvalue weighted by Crippen LogP contribution is 2.32. The van der Waals surface area contributed by atoms with Crippen LogP contribution in [0.15, 0.2) is 12.1 Å². The lowest BCUT2D eigenvalue weighted by Gasteiger charge is -2.24. The Morgan fingerprint density at radius 3 is 2.79 bits per heavy atom. The van der Waals surface area contributed by atoms with Crippen LogP contribution in [0.2, 0.25) is 5.02 Å². The molecule has 1 aromatic rings. The predicted octanol–water partition coefficient (Wildman–Crippen LogP) is 2.54. The molecular formula is C10H9ClO3. The molecule has 3 nitrogen and oxygen atoms in total. The topological polar surface area (TPSA) is 35.5 Å². The fraction of sp³-hybridized carbons (Fsp3) is 0.300. The number of fused-ring (bicyclic) bond motifs is 1. The third-order valence-corrected chi connectivity index (χ3v) is 2.23. The maximum absolute atomic E-state index is 11.4. The van der Waals surface area contributed by atoms with Crippen molar-refractivity contribution in [3.63, 3.8) is 0 Å². The van der Waals surface area contributed by atoms with Crippen LogP contribution in [-0.2, 0) is 4.74 Å². The maximum Gasteiger partial charge on any atom is 0.345 e. The molecule has 0 aliphatic carbocycles. The summed E-state index contributed by atoms with van der Waals surface area (Å²) in [6.45, 7) is 3.52. The number of hydrogen-bond acceptors (Lipinski definition) is 3. The number of benzene rings is 1. The van der Waals surface area contributed by atoms with Crippen LogP contribution in [-0.4, -0.2) is 12.3 Å². The van der Waals surface area contributed by atoms with E-state index in [2.05, 4.69) is 0 Å². The number of rotatable bonds is 0. The third-order valence-electron chi connectivity index (χ3n) is 2.02. The van der Waals surface area contributed by atoms with Gasteiger partial charge in [-0.15, -0.1) is 0 Å². The number of aryl methyl sites for hydroxylation is 1. The molecule has 0 bridgehead atoms. The zero-order chi connectivity index (χ0) is 10.3. The van der Waals surface area contributed by atoms with Gasteiger partial charge in [0.25, 0.3) is 0 Å². The lowest BCUT2D eigenvalue weighted by molar-refractivity contribution is -0.0492. The Morgan fingerprint density at radius 2 is 2.07 bits per heavy atom. The van der Waals surface area contributed by atoms with E-state index in [1.807, 2.05) is 6.92 Å². The summed E-state index contributed by atoms with van der Waals surface area (Å²) >= 11 is 5.82. The first-order valence-corrected chi connectivity index (χ1v) is 4.63. The molecule has 0 fully saturated rings. The van der Waals surface area contributed by atoms with Crippen molar-refractivity contribution < 1.29 is 14.3 Å². The molecular weight excluding hydrogens is 204 g/mol. The molecule has 0 spiro atoms. The van der Waals surface area contributed by atoms with E-state index >= 15 is 0 Å². The molecule has 1 aromatic carbocycles. The Kier molecular flexibility index (Phi) is 2.11. The van der Waals surface area contributed by atoms with E-state index in [0.717, 1.165) is 5.56 Å². The number of esters is 1. The van der Waals surface area contributed by atoms with Crippen molar-refractivity contribution in [3.8, 4) is 5.75 Å². The van der Waals surface area contributed by atoms with Crippen molar-refractivity contribution in [2.75, 3.05) is 0 Å². The SMILES string of the molecule is Cc1cc(Cl)cc2c1OC(C)OC2=O. The van der Waals surface area contributed by atoms with Crippen LogP contribution in [0.25, 0.3) is 0 Å². The number of cyclic esters (lactones) is 1. The van der Waals surface area contributed by atoms with Crippen molar-refractivity contribution in [3.05, 3.63) is 28.3 Å². The van der Waals surface area contributed by atoms with E-state index in [0.29, 0.717) is 16.3 Å². The van der Waals surface area contributed by atoms with Gasteiger partial charge in [0.15, 0.2) is 0 Å². The molecule has 0 saturated heterocycles. The van der Waals surface area contributed by atoms with Crippen LogP contribution in [0.4, 0.5) is 0 Å². The van der Waals surface area contributed by atoms with Gasteiger partial charge >= 0.3 is 5.97 Å². The summed E-state index contributed by atoms with van der Waals surface area (Å²) in [5, 5.41) is 0.511. The summed E-state index contributed by atoms with van der Waals surface area (Å²) in [7, 11) is 0. The zero-order valence-electron chi connectivity index (χ0n) is 7.83. The second kappa shape index (κ2) is 3.17. The second-order valence-corrected chi connectivity index (χ2v) is 3.63. The van der Waals surface area contributed by atoms with Crippen molar-refractivity contribution in [2.24, 2.45) is 0 Å². The summed E-state index contributed by atoms with van der Waals surface area (Å²) in [5.41, 5.74) is 1.24. The van der Waals surface area contributed by atoms with Gasteiger partial charge in [-0.1, -0.05) is 11.6 Å². The monoisotopic (exact) mass is 212 g/mol. The first-order valence-electron chi connectivity index (χ1n) is 4.25. The molecule has 1 aliphatic rings. The van der Waals surface area contributed by atoms with Crippen LogP contribution in [0.1, 0.15) is 22.8 Å². The molecule has 0 amide bonds. The van der Waals surface area contributed by atoms with Gasteiger partial charge in [0.2, 0.25) is 6.29 Å². The molecule has 1 aliphatic heterocycles. The number of halogens is 1. The molecule has 0 N–H and O–H groups in total. The van der Waals surface area contributed by atoms with E-state index in [9.17, 15) is 4.79 Å². The molecule has 0 saturated carbocycles. The number of hydrogen-bond donors (Lipinski definition) is 0. The van der Waals surface area contributed by atoms with Crippen molar-refractivity contribution in [1.29, 1.82) is 0 Å². The minimum Gasteiger partial charge on any atom is -0.454 e. The lowest BCUT2D eigenvalue weighted by atomic mass is 10.1. The predicted molar refractivity (Wildman–Crippen MR) is 51.7 cm³/mol.